The van der Waals surface area contributed by atoms with E-state index in [0.29, 0.717) is 11.8 Å². The monoisotopic (exact) mass is 486 g/mol. The van der Waals surface area contributed by atoms with Gasteiger partial charge in [-0.2, -0.15) is 0 Å². The quantitative estimate of drug-likeness (QED) is 0.642. The Morgan fingerprint density at radius 1 is 1.26 bits per heavy atom. The number of hydrogen-bond donors (Lipinski definition) is 2. The molecule has 0 aliphatic carbocycles. The summed E-state index contributed by atoms with van der Waals surface area (Å²) >= 11 is 4.45. The highest BCUT2D eigenvalue weighted by Gasteiger charge is 2.22. The average molecular weight is 486 g/mol. The Balaban J connectivity index is 2.27. The van der Waals surface area contributed by atoms with Crippen LogP contribution in [0.15, 0.2) is 12.1 Å². The third kappa shape index (κ3) is 3.95. The molecule has 0 bridgehead atoms. The highest BCUT2D eigenvalue weighted by atomic mass is 127. The second kappa shape index (κ2) is 7.42. The number of phenols is 1. The van der Waals surface area contributed by atoms with Crippen LogP contribution < -0.4 is 5.32 Å². The van der Waals surface area contributed by atoms with Gasteiger partial charge in [0.2, 0.25) is 0 Å². The summed E-state index contributed by atoms with van der Waals surface area (Å²) in [7, 11) is 0. The molecule has 1 aromatic carbocycles. The summed E-state index contributed by atoms with van der Waals surface area (Å²) in [5, 5.41) is 13.3. The molecular formula is C14H20I2N2O. The predicted molar refractivity (Wildman–Crippen MR) is 95.6 cm³/mol. The Morgan fingerprint density at radius 2 is 1.84 bits per heavy atom. The number of nitrogens with zero attached hydrogens (tertiary/aromatic N) is 1. The first-order chi connectivity index (χ1) is 9.13. The highest BCUT2D eigenvalue weighted by molar-refractivity contribution is 14.1. The highest BCUT2D eigenvalue weighted by Crippen LogP contribution is 2.33. The van der Waals surface area contributed by atoms with Gasteiger partial charge in [0.05, 0.1) is 7.14 Å². The fourth-order valence-electron chi connectivity index (χ4n) is 2.60. The van der Waals surface area contributed by atoms with Crippen molar-refractivity contribution < 1.29 is 5.11 Å². The first-order valence-corrected chi connectivity index (χ1v) is 8.92. The zero-order chi connectivity index (χ0) is 13.8. The molecule has 106 valence electrons. The molecule has 0 saturated carbocycles. The fourth-order valence-corrected chi connectivity index (χ4v) is 4.42. The van der Waals surface area contributed by atoms with Crippen LogP contribution in [-0.4, -0.2) is 36.2 Å². The summed E-state index contributed by atoms with van der Waals surface area (Å²) in [5.41, 5.74) is 1.34. The molecule has 2 rings (SSSR count). The number of hydrogen-bond acceptors (Lipinski definition) is 3. The Hall–Kier alpha value is 0.400. The minimum absolute atomic E-state index is 0.417. The van der Waals surface area contributed by atoms with Crippen molar-refractivity contribution in [2.75, 3.05) is 26.2 Å². The van der Waals surface area contributed by atoms with E-state index in [2.05, 4.69) is 74.5 Å². The number of piperazine rings is 1. The number of phenolic OH excluding ortho intramolecular Hbond substituents is 1. The second-order valence-corrected chi connectivity index (χ2v) is 7.25. The van der Waals surface area contributed by atoms with Gasteiger partial charge < -0.3 is 10.4 Å². The smallest absolute Gasteiger partial charge is 0.142 e. The number of aromatic hydroxyl groups is 1. The summed E-state index contributed by atoms with van der Waals surface area (Å²) in [6.07, 6.45) is 2.36. The zero-order valence-corrected chi connectivity index (χ0v) is 15.4. The van der Waals surface area contributed by atoms with Crippen LogP contribution in [0, 0.1) is 7.14 Å². The first-order valence-electron chi connectivity index (χ1n) is 6.76. The Kier molecular flexibility index (Phi) is 6.16. The Morgan fingerprint density at radius 3 is 2.37 bits per heavy atom. The van der Waals surface area contributed by atoms with E-state index in [1.165, 1.54) is 18.4 Å². The lowest BCUT2D eigenvalue weighted by Gasteiger charge is -2.35. The van der Waals surface area contributed by atoms with Gasteiger partial charge in [0.1, 0.15) is 5.75 Å². The lowest BCUT2D eigenvalue weighted by Crippen LogP contribution is -2.45. The largest absolute Gasteiger partial charge is 0.506 e. The molecule has 1 heterocycles. The minimum atomic E-state index is 0.417. The van der Waals surface area contributed by atoms with E-state index in [0.717, 1.165) is 33.3 Å². The molecule has 0 radical (unpaired) electrons. The van der Waals surface area contributed by atoms with E-state index in [1.807, 2.05) is 0 Å². The fraction of sp³-hybridized carbons (Fsp3) is 0.571. The zero-order valence-electron chi connectivity index (χ0n) is 11.1. The van der Waals surface area contributed by atoms with Crippen LogP contribution >= 0.6 is 45.2 Å². The van der Waals surface area contributed by atoms with Crippen molar-refractivity contribution >= 4 is 45.2 Å². The molecule has 19 heavy (non-hydrogen) atoms. The van der Waals surface area contributed by atoms with Crippen molar-refractivity contribution in [3.05, 3.63) is 24.8 Å². The normalized spacial score (nSPS) is 18.5. The van der Waals surface area contributed by atoms with Gasteiger partial charge in [-0.15, -0.1) is 0 Å². The van der Waals surface area contributed by atoms with Gasteiger partial charge in [-0.3, -0.25) is 4.90 Å². The average Bonchev–Trinajstić information content (AvgIpc) is 2.42. The van der Waals surface area contributed by atoms with E-state index in [4.69, 9.17) is 0 Å². The molecule has 0 aromatic heterocycles. The van der Waals surface area contributed by atoms with E-state index >= 15 is 0 Å². The molecule has 1 aromatic rings. The van der Waals surface area contributed by atoms with Crippen LogP contribution in [0.1, 0.15) is 31.4 Å². The van der Waals surface area contributed by atoms with E-state index in [1.54, 1.807) is 0 Å². The second-order valence-electron chi connectivity index (χ2n) is 4.92. The van der Waals surface area contributed by atoms with Crippen molar-refractivity contribution in [2.24, 2.45) is 0 Å². The molecule has 1 atom stereocenters. The summed E-state index contributed by atoms with van der Waals surface area (Å²) in [6.45, 7) is 6.61. The third-order valence-electron chi connectivity index (χ3n) is 3.58. The predicted octanol–water partition coefficient (Wildman–Crippen LogP) is 3.35. The first kappa shape index (κ1) is 15.8. The lowest BCUT2D eigenvalue weighted by molar-refractivity contribution is 0.164. The molecule has 0 amide bonds. The summed E-state index contributed by atoms with van der Waals surface area (Å²) in [6, 6.07) is 4.76. The van der Waals surface area contributed by atoms with Gasteiger partial charge in [0.15, 0.2) is 0 Å². The van der Waals surface area contributed by atoms with Crippen molar-refractivity contribution in [3.63, 3.8) is 0 Å². The van der Waals surface area contributed by atoms with Gasteiger partial charge in [0, 0.05) is 32.2 Å². The number of halogens is 2. The molecule has 0 spiro atoms. The number of nitrogens with one attached hydrogen (secondary N) is 1. The number of rotatable bonds is 4. The molecular weight excluding hydrogens is 466 g/mol. The van der Waals surface area contributed by atoms with Gasteiger partial charge in [-0.1, -0.05) is 13.3 Å². The van der Waals surface area contributed by atoms with Gasteiger partial charge in [-0.25, -0.2) is 0 Å². The van der Waals surface area contributed by atoms with E-state index < -0.39 is 0 Å². The van der Waals surface area contributed by atoms with Gasteiger partial charge in [-0.05, 0) is 69.3 Å². The SMILES string of the molecule is CCC[C@@H](c1cc(I)c(O)c(I)c1)N1CCNCC1. The van der Waals surface area contributed by atoms with Crippen LogP contribution in [0.3, 0.4) is 0 Å². The molecule has 2 N–H and O–H groups in total. The molecule has 1 aliphatic heterocycles. The molecule has 0 unspecified atom stereocenters. The summed E-state index contributed by atoms with van der Waals surface area (Å²) < 4.78 is 1.91. The van der Waals surface area contributed by atoms with Crippen LogP contribution in [0.25, 0.3) is 0 Å². The van der Waals surface area contributed by atoms with Crippen molar-refractivity contribution in [2.45, 2.75) is 25.8 Å². The van der Waals surface area contributed by atoms with Crippen LogP contribution in [0.4, 0.5) is 0 Å². The maximum atomic E-state index is 9.91. The minimum Gasteiger partial charge on any atom is -0.506 e. The molecule has 1 aliphatic rings. The van der Waals surface area contributed by atoms with Gasteiger partial charge >= 0.3 is 0 Å². The molecule has 3 nitrogen and oxygen atoms in total. The number of benzene rings is 1. The molecule has 5 heteroatoms. The van der Waals surface area contributed by atoms with Crippen molar-refractivity contribution in [3.8, 4) is 5.75 Å². The van der Waals surface area contributed by atoms with Crippen LogP contribution in [0.2, 0.25) is 0 Å². The lowest BCUT2D eigenvalue weighted by atomic mass is 10.00. The van der Waals surface area contributed by atoms with E-state index in [9.17, 15) is 5.11 Å². The topological polar surface area (TPSA) is 35.5 Å². The Labute approximate surface area is 142 Å². The molecule has 1 fully saturated rings. The maximum absolute atomic E-state index is 9.91. The van der Waals surface area contributed by atoms with E-state index in [-0.39, 0.29) is 0 Å². The van der Waals surface area contributed by atoms with Gasteiger partial charge in [0.25, 0.3) is 0 Å². The van der Waals surface area contributed by atoms with Crippen molar-refractivity contribution in [1.29, 1.82) is 0 Å². The maximum Gasteiger partial charge on any atom is 0.142 e. The summed E-state index contributed by atoms with van der Waals surface area (Å²) in [5.74, 6) is 0.417. The Bertz CT molecular complexity index is 410. The van der Waals surface area contributed by atoms with Crippen LogP contribution in [-0.2, 0) is 0 Å². The summed E-state index contributed by atoms with van der Waals surface area (Å²) in [4.78, 5) is 2.57. The standard InChI is InChI=1S/C14H20I2N2O/c1-2-3-13(18-6-4-17-5-7-18)10-8-11(15)14(19)12(16)9-10/h8-9,13,17,19H,2-7H2,1H3/t13-/m0/s1. The third-order valence-corrected chi connectivity index (χ3v) is 5.22. The molecule has 1 saturated heterocycles. The van der Waals surface area contributed by atoms with Crippen molar-refractivity contribution in [1.82, 2.24) is 10.2 Å². The van der Waals surface area contributed by atoms with Crippen LogP contribution in [0.5, 0.6) is 5.75 Å².